The van der Waals surface area contributed by atoms with E-state index in [1.165, 1.54) is 5.56 Å². The van der Waals surface area contributed by atoms with Crippen molar-refractivity contribution < 1.29 is 9.47 Å². The van der Waals surface area contributed by atoms with Gasteiger partial charge in [-0.1, -0.05) is 45.8 Å². The first-order valence-electron chi connectivity index (χ1n) is 9.30. The summed E-state index contributed by atoms with van der Waals surface area (Å²) in [5, 5.41) is 0. The summed E-state index contributed by atoms with van der Waals surface area (Å²) in [7, 11) is 0. The van der Waals surface area contributed by atoms with Crippen molar-refractivity contribution in [3.8, 4) is 11.5 Å². The molecule has 0 heterocycles. The molecule has 0 bridgehead atoms. The highest BCUT2D eigenvalue weighted by Crippen LogP contribution is 2.29. The van der Waals surface area contributed by atoms with Gasteiger partial charge < -0.3 is 9.47 Å². The first kappa shape index (κ1) is 20.2. The second-order valence-electron chi connectivity index (χ2n) is 6.60. The lowest BCUT2D eigenvalue weighted by Crippen LogP contribution is -2.00. The summed E-state index contributed by atoms with van der Waals surface area (Å²) in [6, 6.07) is 20.2. The van der Waals surface area contributed by atoms with Crippen LogP contribution in [0.4, 0.5) is 5.69 Å². The molecule has 0 amide bonds. The van der Waals surface area contributed by atoms with Gasteiger partial charge in [0.2, 0.25) is 0 Å². The van der Waals surface area contributed by atoms with Crippen LogP contribution in [0, 0.1) is 13.8 Å². The van der Waals surface area contributed by atoms with Gasteiger partial charge in [0.05, 0.1) is 12.3 Å². The Morgan fingerprint density at radius 3 is 2.39 bits per heavy atom. The molecule has 0 saturated heterocycles. The van der Waals surface area contributed by atoms with Crippen molar-refractivity contribution in [3.63, 3.8) is 0 Å². The third-order valence-electron chi connectivity index (χ3n) is 4.28. The monoisotopic (exact) mass is 437 g/mol. The summed E-state index contributed by atoms with van der Waals surface area (Å²) in [6.07, 6.45) is 1.86. The van der Waals surface area contributed by atoms with Crippen LogP contribution >= 0.6 is 15.9 Å². The first-order chi connectivity index (χ1) is 13.5. The Kier molecular flexibility index (Phi) is 6.88. The van der Waals surface area contributed by atoms with Crippen molar-refractivity contribution in [3.05, 3.63) is 87.4 Å². The Labute approximate surface area is 175 Å². The summed E-state index contributed by atoms with van der Waals surface area (Å²) in [5.41, 5.74) is 5.45. The first-order valence-corrected chi connectivity index (χ1v) is 10.1. The molecule has 3 nitrogen and oxygen atoms in total. The van der Waals surface area contributed by atoms with Crippen molar-refractivity contribution in [2.75, 3.05) is 6.61 Å². The zero-order valence-corrected chi connectivity index (χ0v) is 18.0. The topological polar surface area (TPSA) is 30.8 Å². The van der Waals surface area contributed by atoms with E-state index in [2.05, 4.69) is 46.9 Å². The van der Waals surface area contributed by atoms with Gasteiger partial charge in [-0.25, -0.2) is 0 Å². The molecule has 0 N–H and O–H groups in total. The molecule has 3 aromatic rings. The van der Waals surface area contributed by atoms with E-state index in [1.807, 2.05) is 61.7 Å². The molecular weight excluding hydrogens is 414 g/mol. The predicted molar refractivity (Wildman–Crippen MR) is 119 cm³/mol. The van der Waals surface area contributed by atoms with Gasteiger partial charge in [-0.2, -0.15) is 0 Å². The quantitative estimate of drug-likeness (QED) is 0.380. The number of ether oxygens (including phenoxy) is 2. The van der Waals surface area contributed by atoms with Gasteiger partial charge >= 0.3 is 0 Å². The van der Waals surface area contributed by atoms with Crippen LogP contribution in [-0.4, -0.2) is 12.8 Å². The smallest absolute Gasteiger partial charge is 0.161 e. The minimum atomic E-state index is 0.489. The molecular formula is C24H24BrNO2. The van der Waals surface area contributed by atoms with Gasteiger partial charge in [-0.05, 0) is 73.9 Å². The molecule has 144 valence electrons. The van der Waals surface area contributed by atoms with Crippen LogP contribution in [0.1, 0.15) is 29.2 Å². The Bertz CT molecular complexity index is 965. The predicted octanol–water partition coefficient (Wildman–Crippen LogP) is 6.79. The number of hydrogen-bond acceptors (Lipinski definition) is 3. The zero-order chi connectivity index (χ0) is 19.9. The molecule has 0 aliphatic heterocycles. The van der Waals surface area contributed by atoms with E-state index in [-0.39, 0.29) is 0 Å². The molecule has 0 atom stereocenters. The number of aliphatic imine (C=N–C) groups is 1. The Morgan fingerprint density at radius 1 is 0.893 bits per heavy atom. The van der Waals surface area contributed by atoms with E-state index in [0.717, 1.165) is 38.3 Å². The highest BCUT2D eigenvalue weighted by Gasteiger charge is 2.07. The number of hydrogen-bond donors (Lipinski definition) is 0. The molecule has 0 saturated carbocycles. The van der Waals surface area contributed by atoms with Crippen molar-refractivity contribution >= 4 is 27.8 Å². The number of nitrogens with zero attached hydrogens (tertiary/aromatic N) is 1. The van der Waals surface area contributed by atoms with Gasteiger partial charge in [0.15, 0.2) is 11.5 Å². The molecule has 3 rings (SSSR count). The lowest BCUT2D eigenvalue weighted by atomic mass is 10.1. The van der Waals surface area contributed by atoms with E-state index in [1.54, 1.807) is 0 Å². The maximum Gasteiger partial charge on any atom is 0.161 e. The Hall–Kier alpha value is -2.59. The fraction of sp³-hybridized carbons (Fsp3) is 0.208. The minimum Gasteiger partial charge on any atom is -0.490 e. The fourth-order valence-electron chi connectivity index (χ4n) is 2.83. The van der Waals surface area contributed by atoms with E-state index in [9.17, 15) is 0 Å². The van der Waals surface area contributed by atoms with Gasteiger partial charge in [-0.15, -0.1) is 0 Å². The van der Waals surface area contributed by atoms with Crippen molar-refractivity contribution in [1.29, 1.82) is 0 Å². The van der Waals surface area contributed by atoms with Gasteiger partial charge in [0.1, 0.15) is 6.61 Å². The Morgan fingerprint density at radius 2 is 1.68 bits per heavy atom. The number of benzene rings is 3. The molecule has 28 heavy (non-hydrogen) atoms. The average Bonchev–Trinajstić information content (AvgIpc) is 2.68. The number of rotatable bonds is 7. The van der Waals surface area contributed by atoms with E-state index in [4.69, 9.17) is 9.47 Å². The molecule has 0 aliphatic carbocycles. The van der Waals surface area contributed by atoms with E-state index in [0.29, 0.717) is 13.2 Å². The number of halogens is 1. The SMILES string of the molecule is CCOc1cc(C=Nc2ccc(C)cc2C)ccc1OCc1ccc(Br)cc1. The minimum absolute atomic E-state index is 0.489. The maximum atomic E-state index is 5.98. The lowest BCUT2D eigenvalue weighted by Gasteiger charge is -2.13. The largest absolute Gasteiger partial charge is 0.490 e. The fourth-order valence-corrected chi connectivity index (χ4v) is 3.09. The Balaban J connectivity index is 1.76. The second-order valence-corrected chi connectivity index (χ2v) is 7.52. The summed E-state index contributed by atoms with van der Waals surface area (Å²) in [6.45, 7) is 7.19. The molecule has 0 unspecified atom stereocenters. The summed E-state index contributed by atoms with van der Waals surface area (Å²) >= 11 is 3.45. The highest BCUT2D eigenvalue weighted by molar-refractivity contribution is 9.10. The maximum absolute atomic E-state index is 5.98. The van der Waals surface area contributed by atoms with Gasteiger partial charge in [0.25, 0.3) is 0 Å². The van der Waals surface area contributed by atoms with Crippen LogP contribution in [0.2, 0.25) is 0 Å². The van der Waals surface area contributed by atoms with Crippen molar-refractivity contribution in [1.82, 2.24) is 0 Å². The zero-order valence-electron chi connectivity index (χ0n) is 16.4. The van der Waals surface area contributed by atoms with Crippen LogP contribution < -0.4 is 9.47 Å². The number of aryl methyl sites for hydroxylation is 2. The van der Waals surface area contributed by atoms with Crippen molar-refractivity contribution in [2.45, 2.75) is 27.4 Å². The highest BCUT2D eigenvalue weighted by atomic mass is 79.9. The lowest BCUT2D eigenvalue weighted by molar-refractivity contribution is 0.269. The van der Waals surface area contributed by atoms with Crippen LogP contribution in [0.3, 0.4) is 0 Å². The second kappa shape index (κ2) is 9.56. The van der Waals surface area contributed by atoms with Gasteiger partial charge in [-0.3, -0.25) is 4.99 Å². The van der Waals surface area contributed by atoms with E-state index < -0.39 is 0 Å². The molecule has 0 fully saturated rings. The molecule has 4 heteroatoms. The summed E-state index contributed by atoms with van der Waals surface area (Å²) < 4.78 is 12.8. The summed E-state index contributed by atoms with van der Waals surface area (Å²) in [5.74, 6) is 1.46. The van der Waals surface area contributed by atoms with Gasteiger partial charge in [0, 0.05) is 10.7 Å². The molecule has 0 aromatic heterocycles. The summed E-state index contributed by atoms with van der Waals surface area (Å²) in [4.78, 5) is 4.62. The normalized spacial score (nSPS) is 11.0. The van der Waals surface area contributed by atoms with Crippen molar-refractivity contribution in [2.24, 2.45) is 4.99 Å². The molecule has 0 radical (unpaired) electrons. The molecule has 3 aromatic carbocycles. The third-order valence-corrected chi connectivity index (χ3v) is 4.81. The molecule has 0 aliphatic rings. The van der Waals surface area contributed by atoms with Crippen LogP contribution in [0.5, 0.6) is 11.5 Å². The van der Waals surface area contributed by atoms with Crippen LogP contribution in [0.15, 0.2) is 70.1 Å². The standard InChI is InChI=1S/C24H24BrNO2/c1-4-27-24-14-20(15-26-22-11-5-17(2)13-18(22)3)8-12-23(24)28-16-19-6-9-21(25)10-7-19/h5-15H,4,16H2,1-3H3. The average molecular weight is 438 g/mol. The third kappa shape index (κ3) is 5.46. The van der Waals surface area contributed by atoms with Crippen LogP contribution in [0.25, 0.3) is 0 Å². The molecule has 0 spiro atoms. The van der Waals surface area contributed by atoms with Crippen LogP contribution in [-0.2, 0) is 6.61 Å². The van der Waals surface area contributed by atoms with E-state index >= 15 is 0 Å².